The fraction of sp³-hybridized carbons (Fsp3) is 0.200. The zero-order valence-corrected chi connectivity index (χ0v) is 13.9. The molecule has 0 saturated carbocycles. The number of hydrogen-bond acceptors (Lipinski definition) is 3. The summed E-state index contributed by atoms with van der Waals surface area (Å²) in [5.74, 6) is -0.858. The van der Waals surface area contributed by atoms with Crippen LogP contribution in [0.1, 0.15) is 16.8 Å². The third-order valence-electron chi connectivity index (χ3n) is 4.10. The first-order valence-corrected chi connectivity index (χ1v) is 8.25. The van der Waals surface area contributed by atoms with Gasteiger partial charge in [0.2, 0.25) is 0 Å². The molecule has 3 rings (SSSR count). The van der Waals surface area contributed by atoms with E-state index in [-0.39, 0.29) is 0 Å². The Bertz CT molecular complexity index is 800. The number of aromatic nitrogens is 2. The summed E-state index contributed by atoms with van der Waals surface area (Å²) in [5.41, 5.74) is 3.12. The summed E-state index contributed by atoms with van der Waals surface area (Å²) in [4.78, 5) is 15.8. The molecule has 2 N–H and O–H groups in total. The summed E-state index contributed by atoms with van der Waals surface area (Å²) in [5, 5.41) is 12.7. The fourth-order valence-electron chi connectivity index (χ4n) is 2.73. The molecule has 0 bridgehead atoms. The van der Waals surface area contributed by atoms with Gasteiger partial charge in [-0.15, -0.1) is 0 Å². The number of carboxylic acid groups (broad SMARTS) is 1. The van der Waals surface area contributed by atoms with Crippen molar-refractivity contribution in [2.24, 2.45) is 0 Å². The maximum absolute atomic E-state index is 11.6. The van der Waals surface area contributed by atoms with Gasteiger partial charge in [0.25, 0.3) is 0 Å². The summed E-state index contributed by atoms with van der Waals surface area (Å²) < 4.78 is 2.00. The van der Waals surface area contributed by atoms with Gasteiger partial charge in [-0.05, 0) is 11.1 Å². The van der Waals surface area contributed by atoms with Gasteiger partial charge in [0.1, 0.15) is 6.04 Å². The monoisotopic (exact) mass is 335 g/mol. The predicted octanol–water partition coefficient (Wildman–Crippen LogP) is 2.72. The molecule has 128 valence electrons. The SMILES string of the molecule is O=C(O)C(Cc1cncn1Cc1ccccc1)NCc1ccccc1. The molecular weight excluding hydrogens is 314 g/mol. The van der Waals surface area contributed by atoms with Crippen molar-refractivity contribution >= 4 is 5.97 Å². The van der Waals surface area contributed by atoms with Crippen molar-refractivity contribution in [3.63, 3.8) is 0 Å². The van der Waals surface area contributed by atoms with Gasteiger partial charge in [0.15, 0.2) is 0 Å². The Hall–Kier alpha value is -2.92. The number of nitrogens with one attached hydrogen (secondary N) is 1. The maximum atomic E-state index is 11.6. The summed E-state index contributed by atoms with van der Waals surface area (Å²) in [7, 11) is 0. The van der Waals surface area contributed by atoms with Crippen molar-refractivity contribution in [1.82, 2.24) is 14.9 Å². The lowest BCUT2D eigenvalue weighted by Crippen LogP contribution is -2.38. The van der Waals surface area contributed by atoms with Crippen LogP contribution in [0.25, 0.3) is 0 Å². The van der Waals surface area contributed by atoms with Crippen molar-refractivity contribution in [2.75, 3.05) is 0 Å². The normalized spacial score (nSPS) is 12.0. The second-order valence-corrected chi connectivity index (χ2v) is 5.96. The van der Waals surface area contributed by atoms with Crippen molar-refractivity contribution in [3.05, 3.63) is 90.0 Å². The lowest BCUT2D eigenvalue weighted by Gasteiger charge is -2.16. The molecule has 1 unspecified atom stereocenters. The number of nitrogens with zero attached hydrogens (tertiary/aromatic N) is 2. The number of imidazole rings is 1. The van der Waals surface area contributed by atoms with E-state index in [0.717, 1.165) is 16.8 Å². The molecule has 0 radical (unpaired) electrons. The molecule has 25 heavy (non-hydrogen) atoms. The number of rotatable bonds is 8. The molecule has 0 fully saturated rings. The van der Waals surface area contributed by atoms with Gasteiger partial charge in [-0.25, -0.2) is 4.98 Å². The van der Waals surface area contributed by atoms with E-state index in [1.807, 2.05) is 65.2 Å². The van der Waals surface area contributed by atoms with Gasteiger partial charge in [-0.1, -0.05) is 60.7 Å². The van der Waals surface area contributed by atoms with Crippen LogP contribution in [0, 0.1) is 0 Å². The van der Waals surface area contributed by atoms with Crippen molar-refractivity contribution in [3.8, 4) is 0 Å². The summed E-state index contributed by atoms with van der Waals surface area (Å²) in [6.45, 7) is 1.20. The van der Waals surface area contributed by atoms with Crippen molar-refractivity contribution in [2.45, 2.75) is 25.6 Å². The molecule has 1 heterocycles. The van der Waals surface area contributed by atoms with Gasteiger partial charge in [0.05, 0.1) is 6.33 Å². The molecule has 3 aromatic rings. The van der Waals surface area contributed by atoms with Gasteiger partial charge < -0.3 is 9.67 Å². The Morgan fingerprint density at radius 3 is 2.32 bits per heavy atom. The number of hydrogen-bond donors (Lipinski definition) is 2. The lowest BCUT2D eigenvalue weighted by molar-refractivity contribution is -0.139. The van der Waals surface area contributed by atoms with E-state index in [4.69, 9.17) is 0 Å². The standard InChI is InChI=1S/C20H21N3O2/c24-20(25)19(22-12-16-7-3-1-4-8-16)11-18-13-21-15-23(18)14-17-9-5-2-6-10-17/h1-10,13,15,19,22H,11-12,14H2,(H,24,25). The number of benzene rings is 2. The minimum Gasteiger partial charge on any atom is -0.480 e. The summed E-state index contributed by atoms with van der Waals surface area (Å²) in [6, 6.07) is 19.2. The Balaban J connectivity index is 1.66. The molecule has 0 aliphatic rings. The molecular formula is C20H21N3O2. The maximum Gasteiger partial charge on any atom is 0.321 e. The largest absolute Gasteiger partial charge is 0.480 e. The average molecular weight is 335 g/mol. The smallest absolute Gasteiger partial charge is 0.321 e. The molecule has 2 aromatic carbocycles. The lowest BCUT2D eigenvalue weighted by atomic mass is 10.1. The zero-order chi connectivity index (χ0) is 17.5. The fourth-order valence-corrected chi connectivity index (χ4v) is 2.73. The van der Waals surface area contributed by atoms with Crippen LogP contribution in [-0.4, -0.2) is 26.7 Å². The quantitative estimate of drug-likeness (QED) is 0.664. The van der Waals surface area contributed by atoms with E-state index < -0.39 is 12.0 Å². The average Bonchev–Trinajstić information content (AvgIpc) is 3.07. The van der Waals surface area contributed by atoms with E-state index in [1.165, 1.54) is 0 Å². The highest BCUT2D eigenvalue weighted by molar-refractivity contribution is 5.73. The molecule has 0 aliphatic heterocycles. The molecule has 5 nitrogen and oxygen atoms in total. The summed E-state index contributed by atoms with van der Waals surface area (Å²) in [6.07, 6.45) is 3.87. The predicted molar refractivity (Wildman–Crippen MR) is 96.2 cm³/mol. The van der Waals surface area contributed by atoms with Gasteiger partial charge in [-0.2, -0.15) is 0 Å². The van der Waals surface area contributed by atoms with Crippen LogP contribution in [0.5, 0.6) is 0 Å². The Kier molecular flexibility index (Phi) is 5.59. The van der Waals surface area contributed by atoms with Crippen LogP contribution >= 0.6 is 0 Å². The second kappa shape index (κ2) is 8.26. The molecule has 5 heteroatoms. The molecule has 0 spiro atoms. The molecule has 0 amide bonds. The first-order valence-electron chi connectivity index (χ1n) is 8.25. The third kappa shape index (κ3) is 4.78. The minimum absolute atomic E-state index is 0.384. The third-order valence-corrected chi connectivity index (χ3v) is 4.10. The first-order chi connectivity index (χ1) is 12.2. The Labute approximate surface area is 147 Å². The molecule has 1 aromatic heterocycles. The highest BCUT2D eigenvalue weighted by atomic mass is 16.4. The highest BCUT2D eigenvalue weighted by Crippen LogP contribution is 2.09. The van der Waals surface area contributed by atoms with Gasteiger partial charge in [-0.3, -0.25) is 10.1 Å². The van der Waals surface area contributed by atoms with Gasteiger partial charge >= 0.3 is 5.97 Å². The Morgan fingerprint density at radius 1 is 1.04 bits per heavy atom. The Morgan fingerprint density at radius 2 is 1.68 bits per heavy atom. The van der Waals surface area contributed by atoms with Crippen LogP contribution in [0.3, 0.4) is 0 Å². The zero-order valence-electron chi connectivity index (χ0n) is 13.9. The molecule has 0 saturated heterocycles. The van der Waals surface area contributed by atoms with Crippen LogP contribution < -0.4 is 5.32 Å². The second-order valence-electron chi connectivity index (χ2n) is 5.96. The first kappa shape index (κ1) is 16.9. The topological polar surface area (TPSA) is 67.1 Å². The van der Waals surface area contributed by atoms with Crippen LogP contribution in [0.2, 0.25) is 0 Å². The minimum atomic E-state index is -0.858. The van der Waals surface area contributed by atoms with E-state index >= 15 is 0 Å². The summed E-state index contributed by atoms with van der Waals surface area (Å²) >= 11 is 0. The molecule has 0 aliphatic carbocycles. The van der Waals surface area contributed by atoms with Gasteiger partial charge in [0, 0.05) is 31.4 Å². The van der Waals surface area contributed by atoms with Crippen LogP contribution in [0.4, 0.5) is 0 Å². The van der Waals surface area contributed by atoms with E-state index in [0.29, 0.717) is 19.5 Å². The number of aliphatic carboxylic acids is 1. The van der Waals surface area contributed by atoms with E-state index in [1.54, 1.807) is 12.5 Å². The van der Waals surface area contributed by atoms with Crippen molar-refractivity contribution in [1.29, 1.82) is 0 Å². The van der Waals surface area contributed by atoms with Crippen LogP contribution in [-0.2, 0) is 24.3 Å². The van der Waals surface area contributed by atoms with E-state index in [9.17, 15) is 9.90 Å². The number of carbonyl (C=O) groups is 1. The van der Waals surface area contributed by atoms with Crippen molar-refractivity contribution < 1.29 is 9.90 Å². The molecule has 1 atom stereocenters. The number of carboxylic acids is 1. The van der Waals surface area contributed by atoms with Crippen LogP contribution in [0.15, 0.2) is 73.2 Å². The van der Waals surface area contributed by atoms with E-state index in [2.05, 4.69) is 10.3 Å². The highest BCUT2D eigenvalue weighted by Gasteiger charge is 2.19.